The summed E-state index contributed by atoms with van der Waals surface area (Å²) in [6.07, 6.45) is 6.21. The van der Waals surface area contributed by atoms with E-state index in [1.165, 1.54) is 25.2 Å². The highest BCUT2D eigenvalue weighted by atomic mass is 16.4. The number of aromatic carboxylic acids is 1. The molecule has 0 unspecified atom stereocenters. The smallest absolute Gasteiger partial charge is 0.356 e. The number of nitrogens with one attached hydrogen (secondary N) is 1. The van der Waals surface area contributed by atoms with Crippen LogP contribution in [0.4, 0.5) is 5.82 Å². The predicted octanol–water partition coefficient (Wildman–Crippen LogP) is 2.41. The van der Waals surface area contributed by atoms with E-state index < -0.39 is 5.97 Å². The lowest BCUT2D eigenvalue weighted by Gasteiger charge is -2.06. The van der Waals surface area contributed by atoms with Crippen LogP contribution in [0.1, 0.15) is 43.6 Å². The second kappa shape index (κ2) is 6.83. The van der Waals surface area contributed by atoms with Crippen LogP contribution in [0.2, 0.25) is 0 Å². The minimum absolute atomic E-state index is 0.0321. The summed E-state index contributed by atoms with van der Waals surface area (Å²) in [6, 6.07) is 0. The number of carbonyl (C=O) groups is 1. The average molecular weight is 237 g/mol. The SMILES string of the molecule is CC(C)CCCCNc1cnc(C(=O)O)cn1. The Morgan fingerprint density at radius 3 is 2.65 bits per heavy atom. The summed E-state index contributed by atoms with van der Waals surface area (Å²) in [5.41, 5.74) is -0.0321. The zero-order chi connectivity index (χ0) is 12.7. The molecule has 0 amide bonds. The van der Waals surface area contributed by atoms with Crippen molar-refractivity contribution in [1.29, 1.82) is 0 Å². The van der Waals surface area contributed by atoms with E-state index in [-0.39, 0.29) is 5.69 Å². The van der Waals surface area contributed by atoms with Gasteiger partial charge in [0, 0.05) is 6.54 Å². The van der Waals surface area contributed by atoms with Gasteiger partial charge in [0.2, 0.25) is 0 Å². The van der Waals surface area contributed by atoms with Crippen LogP contribution in [-0.2, 0) is 0 Å². The van der Waals surface area contributed by atoms with Crippen LogP contribution in [0.25, 0.3) is 0 Å². The van der Waals surface area contributed by atoms with Gasteiger partial charge in [0.15, 0.2) is 5.69 Å². The third kappa shape index (κ3) is 5.29. The quantitative estimate of drug-likeness (QED) is 0.712. The molecule has 0 aliphatic heterocycles. The number of carboxylic acid groups (broad SMARTS) is 1. The maximum atomic E-state index is 10.6. The second-order valence-corrected chi connectivity index (χ2v) is 4.41. The minimum atomic E-state index is -1.05. The topological polar surface area (TPSA) is 75.1 Å². The molecule has 0 aliphatic carbocycles. The van der Waals surface area contributed by atoms with E-state index in [1.54, 1.807) is 0 Å². The summed E-state index contributed by atoms with van der Waals surface area (Å²) >= 11 is 0. The summed E-state index contributed by atoms with van der Waals surface area (Å²) < 4.78 is 0. The van der Waals surface area contributed by atoms with Crippen LogP contribution < -0.4 is 5.32 Å². The number of anilines is 1. The van der Waals surface area contributed by atoms with Gasteiger partial charge in [-0.15, -0.1) is 0 Å². The number of hydrogen-bond acceptors (Lipinski definition) is 4. The molecule has 2 N–H and O–H groups in total. The summed E-state index contributed by atoms with van der Waals surface area (Å²) in [6.45, 7) is 5.26. The standard InChI is InChI=1S/C12H19N3O2/c1-9(2)5-3-4-6-13-11-8-14-10(7-15-11)12(16)17/h7-9H,3-6H2,1-2H3,(H,13,15)(H,16,17). The Hall–Kier alpha value is -1.65. The van der Waals surface area contributed by atoms with Gasteiger partial charge < -0.3 is 10.4 Å². The van der Waals surface area contributed by atoms with Gasteiger partial charge in [-0.25, -0.2) is 14.8 Å². The molecule has 5 heteroatoms. The lowest BCUT2D eigenvalue weighted by atomic mass is 10.1. The molecule has 0 bridgehead atoms. The van der Waals surface area contributed by atoms with Crippen molar-refractivity contribution < 1.29 is 9.90 Å². The van der Waals surface area contributed by atoms with E-state index in [2.05, 4.69) is 29.1 Å². The lowest BCUT2D eigenvalue weighted by molar-refractivity contribution is 0.0690. The number of unbranched alkanes of at least 4 members (excludes halogenated alkanes) is 1. The van der Waals surface area contributed by atoms with Crippen LogP contribution in [0.15, 0.2) is 12.4 Å². The number of carboxylic acids is 1. The highest BCUT2D eigenvalue weighted by molar-refractivity contribution is 5.84. The Balaban J connectivity index is 2.25. The molecule has 0 saturated heterocycles. The van der Waals surface area contributed by atoms with Crippen molar-refractivity contribution in [1.82, 2.24) is 9.97 Å². The first kappa shape index (κ1) is 13.4. The summed E-state index contributed by atoms with van der Waals surface area (Å²) in [5.74, 6) is 0.310. The maximum Gasteiger partial charge on any atom is 0.356 e. The fourth-order valence-corrected chi connectivity index (χ4v) is 1.42. The van der Waals surface area contributed by atoms with Gasteiger partial charge in [0.05, 0.1) is 12.4 Å². The molecule has 1 rings (SSSR count). The van der Waals surface area contributed by atoms with Gasteiger partial charge in [0.1, 0.15) is 5.82 Å². The molecular formula is C12H19N3O2. The molecule has 0 fully saturated rings. The molecule has 1 aromatic heterocycles. The van der Waals surface area contributed by atoms with Crippen LogP contribution in [0.3, 0.4) is 0 Å². The van der Waals surface area contributed by atoms with Gasteiger partial charge >= 0.3 is 5.97 Å². The third-order valence-electron chi connectivity index (χ3n) is 2.39. The lowest BCUT2D eigenvalue weighted by Crippen LogP contribution is -2.06. The predicted molar refractivity (Wildman–Crippen MR) is 66.2 cm³/mol. The molecule has 0 spiro atoms. The number of rotatable bonds is 7. The highest BCUT2D eigenvalue weighted by Gasteiger charge is 2.04. The van der Waals surface area contributed by atoms with E-state index >= 15 is 0 Å². The van der Waals surface area contributed by atoms with Crippen molar-refractivity contribution in [3.63, 3.8) is 0 Å². The van der Waals surface area contributed by atoms with Crippen molar-refractivity contribution in [2.24, 2.45) is 5.92 Å². The Labute approximate surface area is 101 Å². The second-order valence-electron chi connectivity index (χ2n) is 4.41. The molecule has 17 heavy (non-hydrogen) atoms. The first-order valence-corrected chi connectivity index (χ1v) is 5.89. The van der Waals surface area contributed by atoms with Crippen LogP contribution >= 0.6 is 0 Å². The van der Waals surface area contributed by atoms with Crippen molar-refractivity contribution in [3.8, 4) is 0 Å². The Morgan fingerprint density at radius 1 is 1.35 bits per heavy atom. The largest absolute Gasteiger partial charge is 0.476 e. The van der Waals surface area contributed by atoms with Gasteiger partial charge in [-0.05, 0) is 12.3 Å². The molecule has 0 aromatic carbocycles. The fraction of sp³-hybridized carbons (Fsp3) is 0.583. The summed E-state index contributed by atoms with van der Waals surface area (Å²) in [5, 5.41) is 11.8. The normalized spacial score (nSPS) is 10.5. The molecule has 0 saturated carbocycles. The van der Waals surface area contributed by atoms with E-state index in [9.17, 15) is 4.79 Å². The van der Waals surface area contributed by atoms with Crippen molar-refractivity contribution >= 4 is 11.8 Å². The molecule has 1 heterocycles. The summed E-state index contributed by atoms with van der Waals surface area (Å²) in [4.78, 5) is 18.3. The Morgan fingerprint density at radius 2 is 2.12 bits per heavy atom. The van der Waals surface area contributed by atoms with E-state index in [0.717, 1.165) is 18.9 Å². The van der Waals surface area contributed by atoms with Crippen LogP contribution in [0.5, 0.6) is 0 Å². The zero-order valence-electron chi connectivity index (χ0n) is 10.3. The Kier molecular flexibility index (Phi) is 5.39. The average Bonchev–Trinajstić information content (AvgIpc) is 2.29. The highest BCUT2D eigenvalue weighted by Crippen LogP contribution is 2.07. The molecule has 5 nitrogen and oxygen atoms in total. The maximum absolute atomic E-state index is 10.6. The van der Waals surface area contributed by atoms with E-state index in [4.69, 9.17) is 5.11 Å². The summed E-state index contributed by atoms with van der Waals surface area (Å²) in [7, 11) is 0. The number of aromatic nitrogens is 2. The van der Waals surface area contributed by atoms with E-state index in [0.29, 0.717) is 5.82 Å². The zero-order valence-corrected chi connectivity index (χ0v) is 10.3. The minimum Gasteiger partial charge on any atom is -0.476 e. The Bertz CT molecular complexity index is 349. The molecule has 1 aromatic rings. The number of nitrogens with zero attached hydrogens (tertiary/aromatic N) is 2. The fourth-order valence-electron chi connectivity index (χ4n) is 1.42. The first-order chi connectivity index (χ1) is 8.09. The third-order valence-corrected chi connectivity index (χ3v) is 2.39. The van der Waals surface area contributed by atoms with Gasteiger partial charge in [0.25, 0.3) is 0 Å². The molecular weight excluding hydrogens is 218 g/mol. The first-order valence-electron chi connectivity index (χ1n) is 5.89. The van der Waals surface area contributed by atoms with Crippen molar-refractivity contribution in [2.45, 2.75) is 33.1 Å². The van der Waals surface area contributed by atoms with Crippen LogP contribution in [0, 0.1) is 5.92 Å². The van der Waals surface area contributed by atoms with Crippen molar-refractivity contribution in [2.75, 3.05) is 11.9 Å². The van der Waals surface area contributed by atoms with E-state index in [1.807, 2.05) is 0 Å². The van der Waals surface area contributed by atoms with Crippen LogP contribution in [-0.4, -0.2) is 27.6 Å². The van der Waals surface area contributed by atoms with Crippen molar-refractivity contribution in [3.05, 3.63) is 18.1 Å². The molecule has 0 radical (unpaired) electrons. The molecule has 0 atom stereocenters. The van der Waals surface area contributed by atoms with Gasteiger partial charge in [-0.3, -0.25) is 0 Å². The molecule has 94 valence electrons. The van der Waals surface area contributed by atoms with Gasteiger partial charge in [-0.2, -0.15) is 0 Å². The van der Waals surface area contributed by atoms with Gasteiger partial charge in [-0.1, -0.05) is 26.7 Å². The monoisotopic (exact) mass is 237 g/mol. The molecule has 0 aliphatic rings. The number of hydrogen-bond donors (Lipinski definition) is 2.